The summed E-state index contributed by atoms with van der Waals surface area (Å²) < 4.78 is 0. The van der Waals surface area contributed by atoms with E-state index in [1.165, 1.54) is 19.3 Å². The van der Waals surface area contributed by atoms with E-state index >= 15 is 0 Å². The molecule has 0 spiro atoms. The molecule has 0 saturated carbocycles. The van der Waals surface area contributed by atoms with E-state index in [0.717, 1.165) is 12.8 Å². The first-order chi connectivity index (χ1) is 5.18. The van der Waals surface area contributed by atoms with Crippen molar-refractivity contribution in [3.05, 3.63) is 0 Å². The molecule has 0 aliphatic heterocycles. The van der Waals surface area contributed by atoms with Gasteiger partial charge in [0.1, 0.15) is 0 Å². The van der Waals surface area contributed by atoms with Crippen LogP contribution in [0.1, 0.15) is 46.0 Å². The van der Waals surface area contributed by atoms with Crippen molar-refractivity contribution in [1.29, 1.82) is 0 Å². The van der Waals surface area contributed by atoms with Crippen LogP contribution in [-0.4, -0.2) is 62.5 Å². The van der Waals surface area contributed by atoms with Crippen LogP contribution in [0, 0.1) is 5.92 Å². The van der Waals surface area contributed by atoms with Gasteiger partial charge in [0.25, 0.3) is 0 Å². The van der Waals surface area contributed by atoms with Gasteiger partial charge >= 0.3 is 57.4 Å². The summed E-state index contributed by atoms with van der Waals surface area (Å²) in [5, 5.41) is 8.54. The summed E-state index contributed by atoms with van der Waals surface area (Å²) in [6.45, 7) is 3.93. The monoisotopic (exact) mass is 198 g/mol. The van der Waals surface area contributed by atoms with Crippen molar-refractivity contribution in [3.8, 4) is 0 Å². The van der Waals surface area contributed by atoms with Gasteiger partial charge in [0, 0.05) is 0 Å². The molecule has 0 heterocycles. The van der Waals surface area contributed by atoms with E-state index in [4.69, 9.17) is 5.11 Å². The molecule has 1 atom stereocenters. The molecule has 0 saturated heterocycles. The van der Waals surface area contributed by atoms with Crippen LogP contribution in [0.3, 0.4) is 0 Å². The molecule has 2 nitrogen and oxygen atoms in total. The minimum absolute atomic E-state index is 0. The van der Waals surface area contributed by atoms with Gasteiger partial charge in [-0.25, -0.2) is 0 Å². The Hall–Kier alpha value is 1.11. The van der Waals surface area contributed by atoms with E-state index in [9.17, 15) is 4.79 Å². The van der Waals surface area contributed by atoms with Crippen LogP contribution in [0.2, 0.25) is 0 Å². The first-order valence-corrected chi connectivity index (χ1v) is 4.41. The van der Waals surface area contributed by atoms with Crippen LogP contribution in [0.15, 0.2) is 0 Å². The zero-order valence-corrected chi connectivity index (χ0v) is 7.47. The second-order valence-electron chi connectivity index (χ2n) is 3.09. The Kier molecular flexibility index (Phi) is 13.2. The predicted molar refractivity (Wildman–Crippen MR) is 52.7 cm³/mol. The number of hydrogen-bond acceptors (Lipinski definition) is 1. The number of carbonyl (C=O) groups is 1. The zero-order chi connectivity index (χ0) is 8.69. The van der Waals surface area contributed by atoms with Gasteiger partial charge in [0.15, 0.2) is 0 Å². The Balaban J connectivity index is 0. The van der Waals surface area contributed by atoms with E-state index in [1.807, 2.05) is 0 Å². The SMILES string of the molecule is CCCCCCC(C)C(=O)O.[KH]. The molecular weight excluding hydrogens is 179 g/mol. The molecule has 12 heavy (non-hydrogen) atoms. The Labute approximate surface area is 118 Å². The topological polar surface area (TPSA) is 37.3 Å². The van der Waals surface area contributed by atoms with Gasteiger partial charge in [-0.1, -0.05) is 39.5 Å². The molecule has 0 aromatic heterocycles. The van der Waals surface area contributed by atoms with Crippen molar-refractivity contribution in [1.82, 2.24) is 0 Å². The summed E-state index contributed by atoms with van der Waals surface area (Å²) in [5.74, 6) is -0.826. The van der Waals surface area contributed by atoms with Gasteiger partial charge < -0.3 is 5.11 Å². The van der Waals surface area contributed by atoms with Gasteiger partial charge in [-0.3, -0.25) is 4.79 Å². The number of carboxylic acid groups (broad SMARTS) is 1. The Bertz CT molecular complexity index is 115. The number of hydrogen-bond donors (Lipinski definition) is 1. The van der Waals surface area contributed by atoms with Crippen LogP contribution in [-0.2, 0) is 4.79 Å². The molecule has 3 heteroatoms. The molecule has 0 fully saturated rings. The van der Waals surface area contributed by atoms with Crippen molar-refractivity contribution < 1.29 is 9.90 Å². The molecule has 0 aliphatic carbocycles. The third kappa shape index (κ3) is 9.20. The molecule has 0 aliphatic rings. The van der Waals surface area contributed by atoms with Crippen molar-refractivity contribution in [3.63, 3.8) is 0 Å². The van der Waals surface area contributed by atoms with Crippen molar-refractivity contribution >= 4 is 57.4 Å². The molecule has 0 bridgehead atoms. The molecule has 1 N–H and O–H groups in total. The molecule has 0 aromatic carbocycles. The number of rotatable bonds is 6. The number of aliphatic carboxylic acids is 1. The summed E-state index contributed by atoms with van der Waals surface area (Å²) in [4.78, 5) is 10.4. The van der Waals surface area contributed by atoms with Gasteiger partial charge in [0.2, 0.25) is 0 Å². The average molecular weight is 198 g/mol. The predicted octanol–water partition coefficient (Wildman–Crippen LogP) is 2.03. The second kappa shape index (κ2) is 10.2. The fourth-order valence-electron chi connectivity index (χ4n) is 1.00. The van der Waals surface area contributed by atoms with Crippen molar-refractivity contribution in [2.75, 3.05) is 0 Å². The molecule has 1 unspecified atom stereocenters. The van der Waals surface area contributed by atoms with E-state index in [2.05, 4.69) is 6.92 Å². The van der Waals surface area contributed by atoms with Crippen LogP contribution in [0.4, 0.5) is 0 Å². The first kappa shape index (κ1) is 15.6. The third-order valence-electron chi connectivity index (χ3n) is 1.91. The maximum absolute atomic E-state index is 10.4. The molecular formula is C9H19KO2. The molecule has 0 amide bonds. The molecule has 0 aromatic rings. The summed E-state index contributed by atoms with van der Waals surface area (Å²) in [5.41, 5.74) is 0. The Morgan fingerprint density at radius 1 is 1.33 bits per heavy atom. The molecule has 0 radical (unpaired) electrons. The van der Waals surface area contributed by atoms with Gasteiger partial charge in [-0.15, -0.1) is 0 Å². The average Bonchev–Trinajstić information content (AvgIpc) is 1.97. The first-order valence-electron chi connectivity index (χ1n) is 4.41. The van der Waals surface area contributed by atoms with Crippen LogP contribution < -0.4 is 0 Å². The minimum atomic E-state index is -0.665. The van der Waals surface area contributed by atoms with Crippen molar-refractivity contribution in [2.24, 2.45) is 5.92 Å². The fraction of sp³-hybridized carbons (Fsp3) is 0.889. The summed E-state index contributed by atoms with van der Waals surface area (Å²) in [7, 11) is 0. The Morgan fingerprint density at radius 3 is 2.33 bits per heavy atom. The Morgan fingerprint density at radius 2 is 1.92 bits per heavy atom. The van der Waals surface area contributed by atoms with E-state index in [0.29, 0.717) is 0 Å². The van der Waals surface area contributed by atoms with E-state index in [1.54, 1.807) is 6.92 Å². The normalized spacial score (nSPS) is 11.8. The molecule has 68 valence electrons. The molecule has 0 rings (SSSR count). The fourth-order valence-corrected chi connectivity index (χ4v) is 1.00. The summed E-state index contributed by atoms with van der Waals surface area (Å²) in [6, 6.07) is 0. The van der Waals surface area contributed by atoms with Crippen LogP contribution >= 0.6 is 0 Å². The quantitative estimate of drug-likeness (QED) is 0.524. The van der Waals surface area contributed by atoms with E-state index in [-0.39, 0.29) is 57.3 Å². The van der Waals surface area contributed by atoms with Crippen molar-refractivity contribution in [2.45, 2.75) is 46.0 Å². The third-order valence-corrected chi connectivity index (χ3v) is 1.91. The van der Waals surface area contributed by atoms with Gasteiger partial charge in [0.05, 0.1) is 5.92 Å². The second-order valence-corrected chi connectivity index (χ2v) is 3.09. The number of carboxylic acids is 1. The summed E-state index contributed by atoms with van der Waals surface area (Å²) >= 11 is 0. The van der Waals surface area contributed by atoms with Gasteiger partial charge in [-0.2, -0.15) is 0 Å². The number of unbranched alkanes of at least 4 members (excludes halogenated alkanes) is 3. The van der Waals surface area contributed by atoms with Crippen LogP contribution in [0.25, 0.3) is 0 Å². The van der Waals surface area contributed by atoms with E-state index < -0.39 is 5.97 Å². The zero-order valence-electron chi connectivity index (χ0n) is 7.47. The maximum atomic E-state index is 10.4. The van der Waals surface area contributed by atoms with Crippen LogP contribution in [0.5, 0.6) is 0 Å². The summed E-state index contributed by atoms with van der Waals surface area (Å²) in [6.07, 6.45) is 5.50. The standard InChI is InChI=1S/C9H18O2.K.H/c1-3-4-5-6-7-8(2)9(10)11;;/h8H,3-7H2,1-2H3,(H,10,11);;. The van der Waals surface area contributed by atoms with Gasteiger partial charge in [-0.05, 0) is 6.42 Å².